The molecule has 0 aliphatic rings. The van der Waals surface area contributed by atoms with Crippen molar-refractivity contribution in [1.82, 2.24) is 5.32 Å². The summed E-state index contributed by atoms with van der Waals surface area (Å²) in [5.41, 5.74) is 0.306. The van der Waals surface area contributed by atoms with Gasteiger partial charge in [-0.05, 0) is 30.9 Å². The molecule has 0 fully saturated rings. The minimum atomic E-state index is -0.255. The van der Waals surface area contributed by atoms with E-state index in [1.807, 2.05) is 6.92 Å². The summed E-state index contributed by atoms with van der Waals surface area (Å²) in [7, 11) is 0. The quantitative estimate of drug-likeness (QED) is 0.867. The van der Waals surface area contributed by atoms with Crippen molar-refractivity contribution in [2.45, 2.75) is 19.9 Å². The van der Waals surface area contributed by atoms with E-state index in [0.717, 1.165) is 11.5 Å². The lowest BCUT2D eigenvalue weighted by atomic mass is 10.2. The number of thioether (sulfide) groups is 1. The fraction of sp³-hybridized carbons (Fsp3) is 0.417. The molecule has 0 aliphatic heterocycles. The molecular formula is C12H16ClNO2S. The molecule has 2 N–H and O–H groups in total. The molecule has 1 rings (SSSR count). The number of amides is 1. The standard InChI is InChI=1S/C12H16ClNO2S/c1-3-17-7-8(2)14-12(16)10-6-9(15)4-5-11(10)13/h4-6,8,15H,3,7H2,1-2H3,(H,14,16). The highest BCUT2D eigenvalue weighted by molar-refractivity contribution is 7.99. The molecule has 0 radical (unpaired) electrons. The summed E-state index contributed by atoms with van der Waals surface area (Å²) in [4.78, 5) is 11.9. The first-order valence-electron chi connectivity index (χ1n) is 5.41. The van der Waals surface area contributed by atoms with Gasteiger partial charge in [-0.15, -0.1) is 0 Å². The van der Waals surface area contributed by atoms with Crippen molar-refractivity contribution in [2.75, 3.05) is 11.5 Å². The summed E-state index contributed by atoms with van der Waals surface area (Å²) in [6.07, 6.45) is 0. The number of nitrogens with one attached hydrogen (secondary N) is 1. The Balaban J connectivity index is 2.66. The number of hydrogen-bond donors (Lipinski definition) is 2. The minimum Gasteiger partial charge on any atom is -0.508 e. The van der Waals surface area contributed by atoms with E-state index in [-0.39, 0.29) is 17.7 Å². The third-order valence-corrected chi connectivity index (χ3v) is 3.62. The average Bonchev–Trinajstić information content (AvgIpc) is 2.29. The molecule has 94 valence electrons. The van der Waals surface area contributed by atoms with Crippen molar-refractivity contribution in [2.24, 2.45) is 0 Å². The maximum Gasteiger partial charge on any atom is 0.253 e. The van der Waals surface area contributed by atoms with Crippen LogP contribution in [0.2, 0.25) is 5.02 Å². The Morgan fingerprint density at radius 1 is 1.59 bits per heavy atom. The summed E-state index contributed by atoms with van der Waals surface area (Å²) in [6, 6.07) is 4.41. The Morgan fingerprint density at radius 2 is 2.29 bits per heavy atom. The molecule has 1 atom stereocenters. The number of hydrogen-bond acceptors (Lipinski definition) is 3. The lowest BCUT2D eigenvalue weighted by Crippen LogP contribution is -2.34. The van der Waals surface area contributed by atoms with E-state index < -0.39 is 0 Å². The van der Waals surface area contributed by atoms with Crippen LogP contribution in [0.1, 0.15) is 24.2 Å². The normalized spacial score (nSPS) is 12.2. The van der Waals surface area contributed by atoms with Crippen LogP contribution in [0.4, 0.5) is 0 Å². The Morgan fingerprint density at radius 3 is 2.94 bits per heavy atom. The van der Waals surface area contributed by atoms with Gasteiger partial charge in [0.2, 0.25) is 0 Å². The summed E-state index contributed by atoms with van der Waals surface area (Å²) in [6.45, 7) is 4.02. The third kappa shape index (κ3) is 4.48. The maximum absolute atomic E-state index is 11.9. The van der Waals surface area contributed by atoms with E-state index in [9.17, 15) is 9.90 Å². The van der Waals surface area contributed by atoms with Crippen LogP contribution in [-0.2, 0) is 0 Å². The van der Waals surface area contributed by atoms with Crippen LogP contribution in [0.5, 0.6) is 5.75 Å². The van der Waals surface area contributed by atoms with Crippen molar-refractivity contribution in [3.63, 3.8) is 0 Å². The van der Waals surface area contributed by atoms with Gasteiger partial charge in [0.15, 0.2) is 0 Å². The molecule has 17 heavy (non-hydrogen) atoms. The fourth-order valence-electron chi connectivity index (χ4n) is 1.33. The van der Waals surface area contributed by atoms with Crippen molar-refractivity contribution < 1.29 is 9.90 Å². The highest BCUT2D eigenvalue weighted by Crippen LogP contribution is 2.21. The molecule has 0 bridgehead atoms. The predicted octanol–water partition coefficient (Wildman–Crippen LogP) is 2.92. The average molecular weight is 274 g/mol. The Kier molecular flexibility index (Phi) is 5.65. The molecule has 0 spiro atoms. The predicted molar refractivity (Wildman–Crippen MR) is 73.0 cm³/mol. The molecule has 0 saturated heterocycles. The number of benzene rings is 1. The van der Waals surface area contributed by atoms with Crippen molar-refractivity contribution >= 4 is 29.3 Å². The van der Waals surface area contributed by atoms with Crippen LogP contribution < -0.4 is 5.32 Å². The molecule has 1 aromatic carbocycles. The second-order valence-corrected chi connectivity index (χ2v) is 5.42. The highest BCUT2D eigenvalue weighted by Gasteiger charge is 2.13. The number of carbonyl (C=O) groups is 1. The van der Waals surface area contributed by atoms with Crippen molar-refractivity contribution in [1.29, 1.82) is 0 Å². The lowest BCUT2D eigenvalue weighted by Gasteiger charge is -2.13. The fourth-order valence-corrected chi connectivity index (χ4v) is 2.20. The van der Waals surface area contributed by atoms with Crippen molar-refractivity contribution in [3.05, 3.63) is 28.8 Å². The Labute approximate surface area is 111 Å². The largest absolute Gasteiger partial charge is 0.508 e. The van der Waals surface area contributed by atoms with E-state index in [2.05, 4.69) is 12.2 Å². The second-order valence-electron chi connectivity index (χ2n) is 3.70. The van der Waals surface area contributed by atoms with Crippen LogP contribution in [0, 0.1) is 0 Å². The molecule has 0 saturated carbocycles. The number of carbonyl (C=O) groups excluding carboxylic acids is 1. The Hall–Kier alpha value is -0.870. The van der Waals surface area contributed by atoms with Gasteiger partial charge in [-0.25, -0.2) is 0 Å². The first-order chi connectivity index (χ1) is 8.04. The SMILES string of the molecule is CCSCC(C)NC(=O)c1cc(O)ccc1Cl. The van der Waals surface area contributed by atoms with Crippen LogP contribution >= 0.6 is 23.4 Å². The zero-order valence-corrected chi connectivity index (χ0v) is 11.4. The molecule has 1 aromatic rings. The van der Waals surface area contributed by atoms with E-state index in [1.165, 1.54) is 18.2 Å². The number of aromatic hydroxyl groups is 1. The van der Waals surface area contributed by atoms with E-state index >= 15 is 0 Å². The summed E-state index contributed by atoms with van der Waals surface area (Å²) in [5.74, 6) is 1.66. The summed E-state index contributed by atoms with van der Waals surface area (Å²) >= 11 is 7.67. The van der Waals surface area contributed by atoms with Gasteiger partial charge in [0.1, 0.15) is 5.75 Å². The van der Waals surface area contributed by atoms with Gasteiger partial charge in [0, 0.05) is 11.8 Å². The van der Waals surface area contributed by atoms with Gasteiger partial charge in [-0.3, -0.25) is 4.79 Å². The third-order valence-electron chi connectivity index (χ3n) is 2.14. The molecule has 1 unspecified atom stereocenters. The zero-order valence-electron chi connectivity index (χ0n) is 9.87. The summed E-state index contributed by atoms with van der Waals surface area (Å²) < 4.78 is 0. The van der Waals surface area contributed by atoms with Crippen LogP contribution in [0.3, 0.4) is 0 Å². The highest BCUT2D eigenvalue weighted by atomic mass is 35.5. The molecule has 1 amide bonds. The maximum atomic E-state index is 11.9. The van der Waals surface area contributed by atoms with Crippen LogP contribution in [0.15, 0.2) is 18.2 Å². The molecule has 3 nitrogen and oxygen atoms in total. The van der Waals surface area contributed by atoms with Gasteiger partial charge in [-0.1, -0.05) is 18.5 Å². The zero-order chi connectivity index (χ0) is 12.8. The van der Waals surface area contributed by atoms with Gasteiger partial charge in [0.25, 0.3) is 5.91 Å². The van der Waals surface area contributed by atoms with Gasteiger partial charge in [0.05, 0.1) is 10.6 Å². The number of phenols is 1. The molecule has 0 heterocycles. The van der Waals surface area contributed by atoms with Gasteiger partial charge < -0.3 is 10.4 Å². The smallest absolute Gasteiger partial charge is 0.253 e. The molecule has 0 aromatic heterocycles. The van der Waals surface area contributed by atoms with E-state index in [1.54, 1.807) is 11.8 Å². The second kappa shape index (κ2) is 6.77. The lowest BCUT2D eigenvalue weighted by molar-refractivity contribution is 0.0943. The van der Waals surface area contributed by atoms with Gasteiger partial charge >= 0.3 is 0 Å². The monoisotopic (exact) mass is 273 g/mol. The number of phenolic OH excluding ortho intramolecular Hbond substituents is 1. The Bertz CT molecular complexity index is 398. The molecule has 0 aliphatic carbocycles. The first kappa shape index (κ1) is 14.2. The molecule has 5 heteroatoms. The molecular weight excluding hydrogens is 258 g/mol. The van der Waals surface area contributed by atoms with E-state index in [4.69, 9.17) is 11.6 Å². The minimum absolute atomic E-state index is 0.0372. The number of rotatable bonds is 5. The van der Waals surface area contributed by atoms with Gasteiger partial charge in [-0.2, -0.15) is 11.8 Å². The number of halogens is 1. The van der Waals surface area contributed by atoms with Crippen LogP contribution in [0.25, 0.3) is 0 Å². The summed E-state index contributed by atoms with van der Waals surface area (Å²) in [5, 5.41) is 12.5. The van der Waals surface area contributed by atoms with E-state index in [0.29, 0.717) is 10.6 Å². The van der Waals surface area contributed by atoms with Crippen LogP contribution in [-0.4, -0.2) is 28.6 Å². The van der Waals surface area contributed by atoms with Crippen molar-refractivity contribution in [3.8, 4) is 5.75 Å². The first-order valence-corrected chi connectivity index (χ1v) is 6.95. The topological polar surface area (TPSA) is 49.3 Å².